The van der Waals surface area contributed by atoms with Crippen molar-refractivity contribution < 1.29 is 12.8 Å². The Hall–Kier alpha value is -0.130. The molecular weight excluding hydrogens is 282 g/mol. The molecule has 0 heterocycles. The summed E-state index contributed by atoms with van der Waals surface area (Å²) in [5.41, 5.74) is 0. The van der Waals surface area contributed by atoms with E-state index in [9.17, 15) is 12.8 Å². The minimum absolute atomic E-state index is 0.168. The van der Waals surface area contributed by atoms with E-state index in [2.05, 4.69) is 15.9 Å². The summed E-state index contributed by atoms with van der Waals surface area (Å²) in [7, 11) is -3.55. The molecular formula is C7H5BrClFO2S. The molecule has 0 aromatic heterocycles. The van der Waals surface area contributed by atoms with Gasteiger partial charge in [-0.15, -0.1) is 0 Å². The molecule has 1 aromatic rings. The molecule has 0 bridgehead atoms. The Bertz CT molecular complexity index is 444. The Balaban J connectivity index is 3.50. The fraction of sp³-hybridized carbons (Fsp3) is 0.143. The van der Waals surface area contributed by atoms with E-state index in [1.807, 2.05) is 0 Å². The highest BCUT2D eigenvalue weighted by Crippen LogP contribution is 2.27. The maximum atomic E-state index is 13.1. The summed E-state index contributed by atoms with van der Waals surface area (Å²) in [6, 6.07) is 2.11. The zero-order chi connectivity index (χ0) is 10.2. The van der Waals surface area contributed by atoms with Crippen LogP contribution in [0.2, 0.25) is 5.02 Å². The quantitative estimate of drug-likeness (QED) is 0.744. The number of hydrogen-bond acceptors (Lipinski definition) is 2. The molecule has 0 radical (unpaired) electrons. The summed E-state index contributed by atoms with van der Waals surface area (Å²) in [5.74, 6) is -0.807. The molecule has 0 unspecified atom stereocenters. The molecule has 0 N–H and O–H groups in total. The van der Waals surface area contributed by atoms with Gasteiger partial charge in [0.25, 0.3) is 0 Å². The highest BCUT2D eigenvalue weighted by Gasteiger charge is 2.15. The minimum Gasteiger partial charge on any atom is -0.224 e. The number of hydrogen-bond donors (Lipinski definition) is 0. The highest BCUT2D eigenvalue weighted by molar-refractivity contribution is 9.10. The minimum atomic E-state index is -3.55. The summed E-state index contributed by atoms with van der Waals surface area (Å²) in [4.78, 5) is -0.388. The van der Waals surface area contributed by atoms with E-state index >= 15 is 0 Å². The monoisotopic (exact) mass is 286 g/mol. The summed E-state index contributed by atoms with van der Waals surface area (Å²) in [5, 5.41) is 0.168. The van der Waals surface area contributed by atoms with Crippen LogP contribution in [0.5, 0.6) is 0 Å². The lowest BCUT2D eigenvalue weighted by Crippen LogP contribution is -2.00. The van der Waals surface area contributed by atoms with Gasteiger partial charge in [-0.3, -0.25) is 0 Å². The average molecular weight is 288 g/mol. The van der Waals surface area contributed by atoms with Crippen LogP contribution in [-0.2, 0) is 9.84 Å². The van der Waals surface area contributed by atoms with Crippen molar-refractivity contribution >= 4 is 37.4 Å². The van der Waals surface area contributed by atoms with Crippen molar-refractivity contribution in [3.63, 3.8) is 0 Å². The summed E-state index contributed by atoms with van der Waals surface area (Å²) >= 11 is 8.59. The van der Waals surface area contributed by atoms with Crippen LogP contribution in [0, 0.1) is 5.82 Å². The topological polar surface area (TPSA) is 34.1 Å². The van der Waals surface area contributed by atoms with Crippen molar-refractivity contribution in [3.05, 3.63) is 27.4 Å². The van der Waals surface area contributed by atoms with Gasteiger partial charge in [-0.1, -0.05) is 11.6 Å². The molecule has 0 amide bonds. The van der Waals surface area contributed by atoms with Crippen molar-refractivity contribution in [2.75, 3.05) is 6.26 Å². The average Bonchev–Trinajstić information content (AvgIpc) is 1.94. The molecule has 1 aromatic carbocycles. The van der Waals surface area contributed by atoms with Gasteiger partial charge in [0, 0.05) is 10.7 Å². The first kappa shape index (κ1) is 10.9. The fourth-order valence-electron chi connectivity index (χ4n) is 0.788. The van der Waals surface area contributed by atoms with Crippen LogP contribution in [-0.4, -0.2) is 14.7 Å². The third kappa shape index (κ3) is 2.42. The maximum absolute atomic E-state index is 13.1. The maximum Gasteiger partial charge on any atom is 0.178 e. The van der Waals surface area contributed by atoms with Crippen LogP contribution in [0.4, 0.5) is 4.39 Å². The van der Waals surface area contributed by atoms with E-state index in [0.29, 0.717) is 4.47 Å². The molecule has 0 saturated carbocycles. The molecule has 0 aliphatic heterocycles. The first-order valence-corrected chi connectivity index (χ1v) is 6.23. The summed E-state index contributed by atoms with van der Waals surface area (Å²) in [6.07, 6.45) is 0.926. The van der Waals surface area contributed by atoms with Crippen LogP contribution in [0.25, 0.3) is 0 Å². The third-order valence-corrected chi connectivity index (χ3v) is 3.68. The largest absolute Gasteiger partial charge is 0.224 e. The molecule has 6 heteroatoms. The fourth-order valence-corrected chi connectivity index (χ4v) is 2.08. The second-order valence-corrected chi connectivity index (χ2v) is 5.71. The Morgan fingerprint density at radius 3 is 2.46 bits per heavy atom. The Morgan fingerprint density at radius 1 is 1.46 bits per heavy atom. The lowest BCUT2D eigenvalue weighted by Gasteiger charge is -2.02. The molecule has 0 atom stereocenters. The number of halogens is 3. The van der Waals surface area contributed by atoms with Crippen molar-refractivity contribution in [2.24, 2.45) is 0 Å². The van der Waals surface area contributed by atoms with E-state index < -0.39 is 15.7 Å². The van der Waals surface area contributed by atoms with Crippen molar-refractivity contribution in [3.8, 4) is 0 Å². The van der Waals surface area contributed by atoms with Crippen LogP contribution in [0.3, 0.4) is 0 Å². The van der Waals surface area contributed by atoms with Gasteiger partial charge in [-0.05, 0) is 28.1 Å². The van der Waals surface area contributed by atoms with Gasteiger partial charge in [0.1, 0.15) is 10.7 Å². The molecule has 2 nitrogen and oxygen atoms in total. The van der Waals surface area contributed by atoms with Crippen LogP contribution < -0.4 is 0 Å². The van der Waals surface area contributed by atoms with E-state index in [1.165, 1.54) is 0 Å². The first-order chi connectivity index (χ1) is 5.82. The predicted octanol–water partition coefficient (Wildman–Crippen LogP) is 2.65. The second-order valence-electron chi connectivity index (χ2n) is 2.47. The van der Waals surface area contributed by atoms with Crippen molar-refractivity contribution in [2.45, 2.75) is 4.90 Å². The molecule has 72 valence electrons. The lowest BCUT2D eigenvalue weighted by atomic mass is 10.3. The highest BCUT2D eigenvalue weighted by atomic mass is 79.9. The third-order valence-electron chi connectivity index (χ3n) is 1.37. The molecule has 0 fully saturated rings. The van der Waals surface area contributed by atoms with E-state index in [4.69, 9.17) is 11.6 Å². The zero-order valence-electron chi connectivity index (χ0n) is 6.51. The van der Waals surface area contributed by atoms with Crippen LogP contribution >= 0.6 is 27.5 Å². The number of rotatable bonds is 1. The summed E-state index contributed by atoms with van der Waals surface area (Å²) < 4.78 is 35.4. The van der Waals surface area contributed by atoms with Gasteiger partial charge in [0.05, 0.1) is 5.02 Å². The molecule has 0 saturated heterocycles. The van der Waals surface area contributed by atoms with Crippen molar-refractivity contribution in [1.82, 2.24) is 0 Å². The number of sulfone groups is 1. The second kappa shape index (κ2) is 3.55. The van der Waals surface area contributed by atoms with Gasteiger partial charge in [-0.2, -0.15) is 0 Å². The standard InChI is InChI=1S/C7H5BrClFO2S/c1-13(11,12)7-3-5(9)4(8)2-6(7)10/h2-3H,1H3. The Kier molecular flexibility index (Phi) is 2.99. The number of benzene rings is 1. The molecule has 0 aliphatic carbocycles. The predicted molar refractivity (Wildman–Crippen MR) is 52.2 cm³/mol. The molecule has 13 heavy (non-hydrogen) atoms. The van der Waals surface area contributed by atoms with Gasteiger partial charge in [0.2, 0.25) is 0 Å². The molecule has 1 rings (SSSR count). The normalized spacial score (nSPS) is 11.7. The van der Waals surface area contributed by atoms with Gasteiger partial charge in [0.15, 0.2) is 9.84 Å². The van der Waals surface area contributed by atoms with Gasteiger partial charge < -0.3 is 0 Å². The van der Waals surface area contributed by atoms with Gasteiger partial charge >= 0.3 is 0 Å². The zero-order valence-corrected chi connectivity index (χ0v) is 9.67. The van der Waals surface area contributed by atoms with Crippen LogP contribution in [0.15, 0.2) is 21.5 Å². The van der Waals surface area contributed by atoms with E-state index in [1.54, 1.807) is 0 Å². The van der Waals surface area contributed by atoms with Gasteiger partial charge in [-0.25, -0.2) is 12.8 Å². The Morgan fingerprint density at radius 2 is 2.00 bits per heavy atom. The van der Waals surface area contributed by atoms with E-state index in [-0.39, 0.29) is 9.92 Å². The SMILES string of the molecule is CS(=O)(=O)c1cc(Cl)c(Br)cc1F. The summed E-state index contributed by atoms with van der Waals surface area (Å²) in [6.45, 7) is 0. The first-order valence-electron chi connectivity index (χ1n) is 3.17. The van der Waals surface area contributed by atoms with E-state index in [0.717, 1.165) is 18.4 Å². The molecule has 0 aliphatic rings. The Labute approximate surface area is 88.8 Å². The lowest BCUT2D eigenvalue weighted by molar-refractivity contribution is 0.570. The van der Waals surface area contributed by atoms with Crippen molar-refractivity contribution in [1.29, 1.82) is 0 Å². The smallest absolute Gasteiger partial charge is 0.178 e. The van der Waals surface area contributed by atoms with Crippen LogP contribution in [0.1, 0.15) is 0 Å². The molecule has 0 spiro atoms.